The van der Waals surface area contributed by atoms with E-state index in [9.17, 15) is 4.79 Å². The van der Waals surface area contributed by atoms with Crippen molar-refractivity contribution >= 4 is 18.2 Å². The predicted molar refractivity (Wildman–Crippen MR) is 75.3 cm³/mol. The van der Waals surface area contributed by atoms with Gasteiger partial charge in [-0.3, -0.25) is 0 Å². The molecule has 3 nitrogen and oxygen atoms in total. The first-order chi connectivity index (χ1) is 9.30. The number of hydrogen-bond acceptors (Lipinski definition) is 4. The summed E-state index contributed by atoms with van der Waals surface area (Å²) in [7, 11) is 1.62. The van der Waals surface area contributed by atoms with Gasteiger partial charge in [-0.2, -0.15) is 0 Å². The number of hydrogen-bond donors (Lipinski definition) is 1. The minimum Gasteiger partial charge on any atom is -0.497 e. The molecule has 1 atom stereocenters. The first kappa shape index (κ1) is 12.3. The van der Waals surface area contributed by atoms with Crippen molar-refractivity contribution in [3.8, 4) is 5.75 Å². The van der Waals surface area contributed by atoms with Crippen LogP contribution in [-0.2, 0) is 10.3 Å². The van der Waals surface area contributed by atoms with Gasteiger partial charge in [-0.1, -0.05) is 30.3 Å². The molecule has 1 heterocycles. The Bertz CT molecular complexity index is 629. The first-order valence-corrected chi connectivity index (χ1v) is 6.76. The maximum absolute atomic E-state index is 11.8. The van der Waals surface area contributed by atoms with Gasteiger partial charge in [0.2, 0.25) is 0 Å². The van der Waals surface area contributed by atoms with Crippen molar-refractivity contribution in [1.82, 2.24) is 4.72 Å². The number of carbonyl (C=O) groups excluding carboxylic acids is 1. The fraction of sp³-hybridized carbons (Fsp3) is 0.133. The zero-order valence-electron chi connectivity index (χ0n) is 10.4. The molecular formula is C15H13NO2S. The van der Waals surface area contributed by atoms with Crippen LogP contribution in [0.5, 0.6) is 5.75 Å². The van der Waals surface area contributed by atoms with E-state index >= 15 is 0 Å². The maximum atomic E-state index is 11.8. The van der Waals surface area contributed by atoms with Gasteiger partial charge in [-0.15, -0.1) is 0 Å². The monoisotopic (exact) mass is 271 g/mol. The molecule has 0 aliphatic carbocycles. The molecule has 0 bridgehead atoms. The highest BCUT2D eigenvalue weighted by atomic mass is 32.2. The third-order valence-electron chi connectivity index (χ3n) is 3.34. The molecule has 1 aliphatic rings. The highest BCUT2D eigenvalue weighted by Crippen LogP contribution is 2.42. The summed E-state index contributed by atoms with van der Waals surface area (Å²) in [6.07, 6.45) is 0.959. The second-order valence-electron chi connectivity index (χ2n) is 4.36. The van der Waals surface area contributed by atoms with Gasteiger partial charge >= 0.3 is 0 Å². The van der Waals surface area contributed by atoms with Crippen LogP contribution in [0.4, 0.5) is 0 Å². The number of benzene rings is 2. The molecule has 1 unspecified atom stereocenters. The third kappa shape index (κ3) is 1.84. The van der Waals surface area contributed by atoms with Crippen molar-refractivity contribution in [3.63, 3.8) is 0 Å². The van der Waals surface area contributed by atoms with Crippen molar-refractivity contribution in [3.05, 3.63) is 59.7 Å². The van der Waals surface area contributed by atoms with Crippen molar-refractivity contribution < 1.29 is 9.53 Å². The highest BCUT2D eigenvalue weighted by Gasteiger charge is 2.40. The zero-order chi connectivity index (χ0) is 13.3. The average Bonchev–Trinajstić information content (AvgIpc) is 2.87. The standard InChI is InChI=1S/C15H13NO2S/c1-18-12-6-4-5-11(9-12)15(10-17)13-7-2-3-8-14(13)19-16-15/h2-10,16H,1H3. The molecule has 0 aromatic heterocycles. The number of aldehydes is 1. The van der Waals surface area contributed by atoms with E-state index in [1.54, 1.807) is 7.11 Å². The van der Waals surface area contributed by atoms with Crippen LogP contribution in [-0.4, -0.2) is 13.4 Å². The molecular weight excluding hydrogens is 258 g/mol. The predicted octanol–water partition coefficient (Wildman–Crippen LogP) is 2.75. The van der Waals surface area contributed by atoms with Crippen LogP contribution in [0.3, 0.4) is 0 Å². The van der Waals surface area contributed by atoms with Crippen LogP contribution in [0, 0.1) is 0 Å². The van der Waals surface area contributed by atoms with Crippen LogP contribution in [0.1, 0.15) is 11.1 Å². The lowest BCUT2D eigenvalue weighted by Gasteiger charge is -2.24. The molecule has 0 saturated carbocycles. The molecule has 19 heavy (non-hydrogen) atoms. The lowest BCUT2D eigenvalue weighted by Crippen LogP contribution is -2.37. The van der Waals surface area contributed by atoms with Crippen LogP contribution < -0.4 is 9.46 Å². The molecule has 4 heteroatoms. The van der Waals surface area contributed by atoms with E-state index in [1.165, 1.54) is 11.9 Å². The molecule has 3 rings (SSSR count). The van der Waals surface area contributed by atoms with Crippen molar-refractivity contribution in [2.45, 2.75) is 10.4 Å². The Kier molecular flexibility index (Phi) is 3.05. The van der Waals surface area contributed by atoms with Gasteiger partial charge in [-0.05, 0) is 41.3 Å². The number of rotatable bonds is 3. The molecule has 0 spiro atoms. The fourth-order valence-corrected chi connectivity index (χ4v) is 3.34. The molecule has 0 amide bonds. The number of ether oxygens (including phenoxy) is 1. The van der Waals surface area contributed by atoms with E-state index in [2.05, 4.69) is 4.72 Å². The van der Waals surface area contributed by atoms with E-state index < -0.39 is 5.54 Å². The Morgan fingerprint density at radius 1 is 1.21 bits per heavy atom. The molecule has 1 N–H and O–H groups in total. The lowest BCUT2D eigenvalue weighted by molar-refractivity contribution is -0.111. The Morgan fingerprint density at radius 2 is 2.05 bits per heavy atom. The Balaban J connectivity index is 2.17. The van der Waals surface area contributed by atoms with Gasteiger partial charge in [0.1, 0.15) is 17.6 Å². The number of nitrogens with one attached hydrogen (secondary N) is 1. The summed E-state index contributed by atoms with van der Waals surface area (Å²) in [6, 6.07) is 15.5. The SMILES string of the molecule is COc1cccc(C2(C=O)NSc3ccccc32)c1. The van der Waals surface area contributed by atoms with E-state index in [0.717, 1.165) is 28.1 Å². The number of carbonyl (C=O) groups is 1. The first-order valence-electron chi connectivity index (χ1n) is 5.94. The second-order valence-corrected chi connectivity index (χ2v) is 5.21. The van der Waals surface area contributed by atoms with Gasteiger partial charge in [0.25, 0.3) is 0 Å². The topological polar surface area (TPSA) is 38.3 Å². The summed E-state index contributed by atoms with van der Waals surface area (Å²) in [5.41, 5.74) is 1.08. The number of methoxy groups -OCH3 is 1. The van der Waals surface area contributed by atoms with E-state index in [4.69, 9.17) is 4.74 Å². The normalized spacial score (nSPS) is 20.9. The largest absolute Gasteiger partial charge is 0.497 e. The van der Waals surface area contributed by atoms with E-state index in [1.807, 2.05) is 48.5 Å². The fourth-order valence-electron chi connectivity index (χ4n) is 2.31. The Morgan fingerprint density at radius 3 is 2.84 bits per heavy atom. The van der Waals surface area contributed by atoms with Gasteiger partial charge < -0.3 is 9.53 Å². The quantitative estimate of drug-likeness (QED) is 0.688. The Labute approximate surface area is 116 Å². The van der Waals surface area contributed by atoms with Gasteiger partial charge in [0, 0.05) is 4.90 Å². The molecule has 0 fully saturated rings. The van der Waals surface area contributed by atoms with Crippen LogP contribution in [0.15, 0.2) is 53.4 Å². The second kappa shape index (κ2) is 4.72. The summed E-state index contributed by atoms with van der Waals surface area (Å²) in [4.78, 5) is 12.9. The Hall–Kier alpha value is -1.78. The van der Waals surface area contributed by atoms with Crippen LogP contribution in [0.2, 0.25) is 0 Å². The molecule has 1 aliphatic heterocycles. The van der Waals surface area contributed by atoms with Gasteiger partial charge in [0.15, 0.2) is 0 Å². The minimum absolute atomic E-state index is 0.745. The van der Waals surface area contributed by atoms with E-state index in [-0.39, 0.29) is 0 Å². The van der Waals surface area contributed by atoms with Crippen LogP contribution >= 0.6 is 11.9 Å². The summed E-state index contributed by atoms with van der Waals surface area (Å²) in [5.74, 6) is 0.745. The van der Waals surface area contributed by atoms with Crippen LogP contribution in [0.25, 0.3) is 0 Å². The molecule has 2 aromatic rings. The van der Waals surface area contributed by atoms with Gasteiger partial charge in [0.05, 0.1) is 7.11 Å². The maximum Gasteiger partial charge on any atom is 0.150 e. The molecule has 96 valence electrons. The zero-order valence-corrected chi connectivity index (χ0v) is 11.2. The summed E-state index contributed by atoms with van der Waals surface area (Å²) in [6.45, 7) is 0. The molecule has 2 aromatic carbocycles. The summed E-state index contributed by atoms with van der Waals surface area (Å²) in [5, 5.41) is 0. The van der Waals surface area contributed by atoms with Crippen molar-refractivity contribution in [2.75, 3.05) is 7.11 Å². The molecule has 0 saturated heterocycles. The number of fused-ring (bicyclic) bond motifs is 1. The van der Waals surface area contributed by atoms with E-state index in [0.29, 0.717) is 0 Å². The third-order valence-corrected chi connectivity index (χ3v) is 4.34. The van der Waals surface area contributed by atoms with Gasteiger partial charge in [-0.25, -0.2) is 4.72 Å². The minimum atomic E-state index is -0.796. The summed E-state index contributed by atoms with van der Waals surface area (Å²) >= 11 is 1.49. The smallest absolute Gasteiger partial charge is 0.150 e. The lowest BCUT2D eigenvalue weighted by atomic mass is 9.85. The molecule has 0 radical (unpaired) electrons. The van der Waals surface area contributed by atoms with Crippen molar-refractivity contribution in [2.24, 2.45) is 0 Å². The average molecular weight is 271 g/mol. The summed E-state index contributed by atoms with van der Waals surface area (Å²) < 4.78 is 8.49. The van der Waals surface area contributed by atoms with Crippen molar-refractivity contribution in [1.29, 1.82) is 0 Å². The highest BCUT2D eigenvalue weighted by molar-refractivity contribution is 7.97.